The first-order valence-corrected chi connectivity index (χ1v) is 6.41. The molecule has 0 aliphatic rings. The number of nitrogens with one attached hydrogen (secondary N) is 1. The topological polar surface area (TPSA) is 64.3 Å². The normalized spacial score (nSPS) is 12.2. The van der Waals surface area contributed by atoms with E-state index in [1.807, 2.05) is 0 Å². The van der Waals surface area contributed by atoms with Crippen molar-refractivity contribution in [2.75, 3.05) is 26.0 Å². The lowest BCUT2D eigenvalue weighted by molar-refractivity contribution is -0.120. The van der Waals surface area contributed by atoms with Crippen molar-refractivity contribution in [1.29, 1.82) is 0 Å². The molecule has 1 amide bonds. The fourth-order valence-corrected chi connectivity index (χ4v) is 2.23. The Morgan fingerprint density at radius 1 is 1.61 bits per heavy atom. The molecule has 0 aliphatic carbocycles. The molecule has 0 saturated carbocycles. The zero-order chi connectivity index (χ0) is 13.5. The number of hydrogen-bond donors (Lipinski definition) is 2. The smallest absolute Gasteiger partial charge is 0.233 e. The Bertz CT molecular complexity index is 415. The molecule has 18 heavy (non-hydrogen) atoms. The minimum atomic E-state index is -0.362. The van der Waals surface area contributed by atoms with Crippen molar-refractivity contribution in [2.45, 2.75) is 17.1 Å². The predicted molar refractivity (Wildman–Crippen MR) is 71.0 cm³/mol. The number of hydrogen-bond acceptors (Lipinski definition) is 4. The van der Waals surface area contributed by atoms with Crippen molar-refractivity contribution in [1.82, 2.24) is 5.32 Å². The number of amides is 1. The molecule has 0 aromatic heterocycles. The SMILES string of the molecule is COCCNC(=O)C(C)Sc1cc(F)ccc1N. The lowest BCUT2D eigenvalue weighted by Crippen LogP contribution is -2.33. The van der Waals surface area contributed by atoms with Crippen LogP contribution in [0.4, 0.5) is 10.1 Å². The van der Waals surface area contributed by atoms with E-state index in [0.29, 0.717) is 23.7 Å². The van der Waals surface area contributed by atoms with Crippen LogP contribution < -0.4 is 11.1 Å². The summed E-state index contributed by atoms with van der Waals surface area (Å²) in [7, 11) is 1.57. The van der Waals surface area contributed by atoms with Crippen molar-refractivity contribution in [3.63, 3.8) is 0 Å². The monoisotopic (exact) mass is 272 g/mol. The molecule has 0 heterocycles. The van der Waals surface area contributed by atoms with Gasteiger partial charge in [-0.2, -0.15) is 0 Å². The Balaban J connectivity index is 2.55. The maximum atomic E-state index is 13.1. The molecule has 6 heteroatoms. The Hall–Kier alpha value is -1.27. The van der Waals surface area contributed by atoms with E-state index in [2.05, 4.69) is 5.32 Å². The van der Waals surface area contributed by atoms with Gasteiger partial charge in [-0.3, -0.25) is 4.79 Å². The van der Waals surface area contributed by atoms with E-state index in [1.54, 1.807) is 14.0 Å². The van der Waals surface area contributed by atoms with Gasteiger partial charge in [0.25, 0.3) is 0 Å². The number of carbonyl (C=O) groups is 1. The van der Waals surface area contributed by atoms with Crippen LogP contribution in [0.5, 0.6) is 0 Å². The average Bonchev–Trinajstić information content (AvgIpc) is 2.34. The van der Waals surface area contributed by atoms with Gasteiger partial charge in [-0.25, -0.2) is 4.39 Å². The highest BCUT2D eigenvalue weighted by atomic mass is 32.2. The Kier molecular flexibility index (Phi) is 5.94. The van der Waals surface area contributed by atoms with E-state index in [0.717, 1.165) is 0 Å². The van der Waals surface area contributed by atoms with Crippen molar-refractivity contribution in [2.24, 2.45) is 0 Å². The van der Waals surface area contributed by atoms with Gasteiger partial charge in [-0.1, -0.05) is 0 Å². The van der Waals surface area contributed by atoms with Gasteiger partial charge < -0.3 is 15.8 Å². The number of benzene rings is 1. The number of carbonyl (C=O) groups excluding carboxylic acids is 1. The standard InChI is InChI=1S/C12H17FN2O2S/c1-8(12(16)15-5-6-17-2)18-11-7-9(13)3-4-10(11)14/h3-4,7-8H,5-6,14H2,1-2H3,(H,15,16). The molecule has 0 aliphatic heterocycles. The molecule has 100 valence electrons. The van der Waals surface area contributed by atoms with E-state index < -0.39 is 0 Å². The quantitative estimate of drug-likeness (QED) is 0.469. The first-order valence-electron chi connectivity index (χ1n) is 5.53. The van der Waals surface area contributed by atoms with E-state index in [9.17, 15) is 9.18 Å². The molecule has 1 rings (SSSR count). The maximum absolute atomic E-state index is 13.1. The number of halogens is 1. The van der Waals surface area contributed by atoms with E-state index in [4.69, 9.17) is 10.5 Å². The molecular weight excluding hydrogens is 255 g/mol. The lowest BCUT2D eigenvalue weighted by Gasteiger charge is -2.13. The van der Waals surface area contributed by atoms with Gasteiger partial charge in [0, 0.05) is 24.2 Å². The Morgan fingerprint density at radius 3 is 3.00 bits per heavy atom. The number of ether oxygens (including phenoxy) is 1. The Morgan fingerprint density at radius 2 is 2.33 bits per heavy atom. The van der Waals surface area contributed by atoms with E-state index in [-0.39, 0.29) is 17.0 Å². The van der Waals surface area contributed by atoms with Gasteiger partial charge in [0.1, 0.15) is 5.82 Å². The molecule has 0 fully saturated rings. The second-order valence-corrected chi connectivity index (χ2v) is 5.11. The van der Waals surface area contributed by atoms with Gasteiger partial charge >= 0.3 is 0 Å². The lowest BCUT2D eigenvalue weighted by atomic mass is 10.3. The molecule has 1 aromatic rings. The van der Waals surface area contributed by atoms with Crippen molar-refractivity contribution in [3.05, 3.63) is 24.0 Å². The molecule has 4 nitrogen and oxygen atoms in total. The third-order valence-electron chi connectivity index (χ3n) is 2.25. The van der Waals surface area contributed by atoms with E-state index in [1.165, 1.54) is 30.0 Å². The third kappa shape index (κ3) is 4.54. The van der Waals surface area contributed by atoms with Crippen LogP contribution in [0, 0.1) is 5.82 Å². The molecule has 0 spiro atoms. The number of anilines is 1. The number of rotatable bonds is 6. The first-order chi connectivity index (χ1) is 8.54. The summed E-state index contributed by atoms with van der Waals surface area (Å²) >= 11 is 1.23. The van der Waals surface area contributed by atoms with Crippen LogP contribution in [0.2, 0.25) is 0 Å². The van der Waals surface area contributed by atoms with Crippen LogP contribution in [-0.4, -0.2) is 31.4 Å². The summed E-state index contributed by atoms with van der Waals surface area (Å²) in [5.74, 6) is -0.487. The first kappa shape index (κ1) is 14.8. The van der Waals surface area contributed by atoms with E-state index >= 15 is 0 Å². The number of nitrogen functional groups attached to an aromatic ring is 1. The van der Waals surface area contributed by atoms with Gasteiger partial charge in [-0.05, 0) is 25.1 Å². The Labute approximate surface area is 110 Å². The zero-order valence-corrected chi connectivity index (χ0v) is 11.2. The molecule has 0 bridgehead atoms. The minimum absolute atomic E-state index is 0.124. The minimum Gasteiger partial charge on any atom is -0.398 e. The molecule has 1 unspecified atom stereocenters. The molecule has 3 N–H and O–H groups in total. The van der Waals surface area contributed by atoms with Crippen LogP contribution in [0.1, 0.15) is 6.92 Å². The largest absolute Gasteiger partial charge is 0.398 e. The van der Waals surface area contributed by atoms with Crippen LogP contribution >= 0.6 is 11.8 Å². The number of methoxy groups -OCH3 is 1. The summed E-state index contributed by atoms with van der Waals surface area (Å²) in [4.78, 5) is 12.3. The fraction of sp³-hybridized carbons (Fsp3) is 0.417. The highest BCUT2D eigenvalue weighted by molar-refractivity contribution is 8.00. The molecule has 0 saturated heterocycles. The highest BCUT2D eigenvalue weighted by Crippen LogP contribution is 2.29. The predicted octanol–water partition coefficient (Wildman–Crippen LogP) is 1.65. The van der Waals surface area contributed by atoms with Crippen LogP contribution in [-0.2, 0) is 9.53 Å². The molecule has 1 aromatic carbocycles. The summed E-state index contributed by atoms with van der Waals surface area (Å²) in [5.41, 5.74) is 6.19. The summed E-state index contributed by atoms with van der Waals surface area (Å²) in [6.45, 7) is 2.67. The molecule has 0 radical (unpaired) electrons. The van der Waals surface area contributed by atoms with Crippen molar-refractivity contribution >= 4 is 23.4 Å². The summed E-state index contributed by atoms with van der Waals surface area (Å²) < 4.78 is 17.9. The highest BCUT2D eigenvalue weighted by Gasteiger charge is 2.15. The fourth-order valence-electron chi connectivity index (χ4n) is 1.27. The van der Waals surface area contributed by atoms with Gasteiger partial charge in [0.05, 0.1) is 11.9 Å². The maximum Gasteiger partial charge on any atom is 0.233 e. The summed E-state index contributed by atoms with van der Waals surface area (Å²) in [5, 5.41) is 2.38. The summed E-state index contributed by atoms with van der Waals surface area (Å²) in [6, 6.07) is 4.12. The zero-order valence-electron chi connectivity index (χ0n) is 10.4. The van der Waals surface area contributed by atoms with Gasteiger partial charge in [0.15, 0.2) is 0 Å². The number of thioether (sulfide) groups is 1. The van der Waals surface area contributed by atoms with Crippen LogP contribution in [0.3, 0.4) is 0 Å². The third-order valence-corrected chi connectivity index (χ3v) is 3.43. The second kappa shape index (κ2) is 7.23. The van der Waals surface area contributed by atoms with Crippen molar-refractivity contribution < 1.29 is 13.9 Å². The van der Waals surface area contributed by atoms with Gasteiger partial charge in [-0.15, -0.1) is 11.8 Å². The molecular formula is C12H17FN2O2S. The van der Waals surface area contributed by atoms with Crippen LogP contribution in [0.25, 0.3) is 0 Å². The number of nitrogens with two attached hydrogens (primary N) is 1. The molecule has 1 atom stereocenters. The summed E-state index contributed by atoms with van der Waals surface area (Å²) in [6.07, 6.45) is 0. The second-order valence-electron chi connectivity index (χ2n) is 3.73. The van der Waals surface area contributed by atoms with Gasteiger partial charge in [0.2, 0.25) is 5.91 Å². The van der Waals surface area contributed by atoms with Crippen molar-refractivity contribution in [3.8, 4) is 0 Å². The van der Waals surface area contributed by atoms with Crippen LogP contribution in [0.15, 0.2) is 23.1 Å². The average molecular weight is 272 g/mol.